The Morgan fingerprint density at radius 2 is 1.59 bits per heavy atom. The molecule has 0 spiro atoms. The second-order valence-corrected chi connectivity index (χ2v) is 4.36. The molecule has 1 rings (SSSR count). The van der Waals surface area contributed by atoms with E-state index in [0.29, 0.717) is 5.56 Å². The van der Waals surface area contributed by atoms with Gasteiger partial charge in [0.25, 0.3) is 0 Å². The second-order valence-electron chi connectivity index (χ2n) is 4.36. The van der Waals surface area contributed by atoms with Crippen molar-refractivity contribution in [2.24, 2.45) is 5.41 Å². The minimum Gasteiger partial charge on any atom is -0.294 e. The first-order valence-corrected chi connectivity index (χ1v) is 6.18. The Kier molecular flexibility index (Phi) is 4.45. The number of nitriles is 1. The summed E-state index contributed by atoms with van der Waals surface area (Å²) in [6, 6.07) is 9.00. The van der Waals surface area contributed by atoms with Crippen LogP contribution in [-0.2, 0) is 0 Å². The maximum Gasteiger partial charge on any atom is 0.168 e. The zero-order valence-electron chi connectivity index (χ0n) is 10.8. The number of benzene rings is 1. The maximum atomic E-state index is 12.5. The van der Waals surface area contributed by atoms with Crippen LogP contribution in [0, 0.1) is 16.7 Å². The monoisotopic (exact) mass is 229 g/mol. The molecule has 0 fully saturated rings. The Hall–Kier alpha value is -1.62. The third-order valence-electron chi connectivity index (χ3n) is 3.79. The molecule has 0 radical (unpaired) electrons. The molecule has 0 saturated heterocycles. The van der Waals surface area contributed by atoms with Gasteiger partial charge in [-0.25, -0.2) is 0 Å². The standard InChI is InChI=1S/C15H19NO/c1-4-15(5-2,6-3)14(17)13-9-7-12(11-16)8-10-13/h7-10H,4-6H2,1-3H3. The van der Waals surface area contributed by atoms with Gasteiger partial charge in [0, 0.05) is 11.0 Å². The molecule has 90 valence electrons. The molecule has 2 nitrogen and oxygen atoms in total. The van der Waals surface area contributed by atoms with Crippen LogP contribution in [0.3, 0.4) is 0 Å². The number of ketones is 1. The highest BCUT2D eigenvalue weighted by molar-refractivity contribution is 6.00. The molecule has 0 amide bonds. The summed E-state index contributed by atoms with van der Waals surface area (Å²) in [7, 11) is 0. The van der Waals surface area contributed by atoms with Crippen molar-refractivity contribution < 1.29 is 4.79 Å². The third kappa shape index (κ3) is 2.55. The zero-order chi connectivity index (χ0) is 12.9. The second kappa shape index (κ2) is 5.63. The number of hydrogen-bond acceptors (Lipinski definition) is 2. The fourth-order valence-electron chi connectivity index (χ4n) is 2.23. The lowest BCUT2D eigenvalue weighted by molar-refractivity contribution is 0.0766. The van der Waals surface area contributed by atoms with Crippen LogP contribution in [0.2, 0.25) is 0 Å². The highest BCUT2D eigenvalue weighted by atomic mass is 16.1. The van der Waals surface area contributed by atoms with E-state index < -0.39 is 0 Å². The van der Waals surface area contributed by atoms with Crippen molar-refractivity contribution in [3.8, 4) is 6.07 Å². The lowest BCUT2D eigenvalue weighted by atomic mass is 9.74. The van der Waals surface area contributed by atoms with Crippen LogP contribution >= 0.6 is 0 Å². The summed E-state index contributed by atoms with van der Waals surface area (Å²) in [6.07, 6.45) is 2.58. The molecule has 17 heavy (non-hydrogen) atoms. The van der Waals surface area contributed by atoms with Gasteiger partial charge < -0.3 is 0 Å². The molecule has 0 atom stereocenters. The fraction of sp³-hybridized carbons (Fsp3) is 0.467. The van der Waals surface area contributed by atoms with Crippen molar-refractivity contribution in [3.63, 3.8) is 0 Å². The SMILES string of the molecule is CCC(CC)(CC)C(=O)c1ccc(C#N)cc1. The smallest absolute Gasteiger partial charge is 0.168 e. The zero-order valence-corrected chi connectivity index (χ0v) is 10.8. The fourth-order valence-corrected chi connectivity index (χ4v) is 2.23. The molecule has 0 aliphatic rings. The van der Waals surface area contributed by atoms with E-state index in [0.717, 1.165) is 24.8 Å². The van der Waals surface area contributed by atoms with Crippen molar-refractivity contribution in [2.45, 2.75) is 40.0 Å². The average Bonchev–Trinajstić information content (AvgIpc) is 2.41. The molecular formula is C15H19NO. The number of carbonyl (C=O) groups is 1. The molecule has 0 unspecified atom stereocenters. The molecule has 0 aliphatic carbocycles. The van der Waals surface area contributed by atoms with E-state index in [-0.39, 0.29) is 11.2 Å². The van der Waals surface area contributed by atoms with Gasteiger partial charge in [0.15, 0.2) is 5.78 Å². The Morgan fingerprint density at radius 1 is 1.12 bits per heavy atom. The summed E-state index contributed by atoms with van der Waals surface area (Å²) >= 11 is 0. The van der Waals surface area contributed by atoms with Gasteiger partial charge in [-0.3, -0.25) is 4.79 Å². The lowest BCUT2D eigenvalue weighted by Crippen LogP contribution is -2.29. The molecule has 0 N–H and O–H groups in total. The van der Waals surface area contributed by atoms with Crippen molar-refractivity contribution in [2.75, 3.05) is 0 Å². The van der Waals surface area contributed by atoms with E-state index in [9.17, 15) is 4.79 Å². The topological polar surface area (TPSA) is 40.9 Å². The number of rotatable bonds is 5. The van der Waals surface area contributed by atoms with Gasteiger partial charge in [0.2, 0.25) is 0 Å². The summed E-state index contributed by atoms with van der Waals surface area (Å²) < 4.78 is 0. The molecule has 0 heterocycles. The van der Waals surface area contributed by atoms with Gasteiger partial charge in [-0.2, -0.15) is 5.26 Å². The summed E-state index contributed by atoms with van der Waals surface area (Å²) in [6.45, 7) is 6.19. The molecule has 2 heteroatoms. The number of Topliss-reactive ketones (excluding diaryl/α,β-unsaturated/α-hetero) is 1. The highest BCUT2D eigenvalue weighted by Gasteiger charge is 2.33. The first-order chi connectivity index (χ1) is 8.13. The van der Waals surface area contributed by atoms with E-state index in [1.165, 1.54) is 0 Å². The molecule has 1 aromatic carbocycles. The third-order valence-corrected chi connectivity index (χ3v) is 3.79. The van der Waals surface area contributed by atoms with E-state index in [1.54, 1.807) is 24.3 Å². The summed E-state index contributed by atoms with van der Waals surface area (Å²) in [5, 5.41) is 8.73. The normalized spacial score (nSPS) is 10.9. The first kappa shape index (κ1) is 13.4. The average molecular weight is 229 g/mol. The lowest BCUT2D eigenvalue weighted by Gasteiger charge is -2.28. The maximum absolute atomic E-state index is 12.5. The first-order valence-electron chi connectivity index (χ1n) is 6.18. The van der Waals surface area contributed by atoms with Crippen molar-refractivity contribution in [1.29, 1.82) is 5.26 Å². The predicted octanol–water partition coefficient (Wildman–Crippen LogP) is 3.96. The van der Waals surface area contributed by atoms with Crippen LogP contribution in [0.4, 0.5) is 0 Å². The minimum atomic E-state index is -0.242. The van der Waals surface area contributed by atoms with Gasteiger partial charge in [-0.1, -0.05) is 32.9 Å². The molecule has 1 aromatic rings. The number of hydrogen-bond donors (Lipinski definition) is 0. The van der Waals surface area contributed by atoms with E-state index in [2.05, 4.69) is 26.8 Å². The van der Waals surface area contributed by atoms with Crippen LogP contribution in [0.25, 0.3) is 0 Å². The number of carbonyl (C=O) groups excluding carboxylic acids is 1. The molecule has 0 saturated carbocycles. The van der Waals surface area contributed by atoms with Crippen molar-refractivity contribution in [1.82, 2.24) is 0 Å². The van der Waals surface area contributed by atoms with Gasteiger partial charge >= 0.3 is 0 Å². The van der Waals surface area contributed by atoms with Crippen molar-refractivity contribution >= 4 is 5.78 Å². The minimum absolute atomic E-state index is 0.203. The Labute approximate surface area is 103 Å². The van der Waals surface area contributed by atoms with Crippen LogP contribution in [0.1, 0.15) is 56.0 Å². The van der Waals surface area contributed by atoms with Gasteiger partial charge in [-0.05, 0) is 31.4 Å². The Morgan fingerprint density at radius 3 is 1.94 bits per heavy atom. The van der Waals surface area contributed by atoms with Gasteiger partial charge in [0.05, 0.1) is 11.6 Å². The molecule has 0 bridgehead atoms. The van der Waals surface area contributed by atoms with E-state index >= 15 is 0 Å². The van der Waals surface area contributed by atoms with E-state index in [4.69, 9.17) is 5.26 Å². The summed E-state index contributed by atoms with van der Waals surface area (Å²) in [5.41, 5.74) is 1.07. The predicted molar refractivity (Wildman–Crippen MR) is 68.8 cm³/mol. The Bertz CT molecular complexity index is 413. The van der Waals surface area contributed by atoms with Crippen LogP contribution in [0.15, 0.2) is 24.3 Å². The van der Waals surface area contributed by atoms with Crippen LogP contribution < -0.4 is 0 Å². The molecule has 0 aromatic heterocycles. The highest BCUT2D eigenvalue weighted by Crippen LogP contribution is 2.34. The van der Waals surface area contributed by atoms with Gasteiger partial charge in [0.1, 0.15) is 0 Å². The van der Waals surface area contributed by atoms with Crippen molar-refractivity contribution in [3.05, 3.63) is 35.4 Å². The summed E-state index contributed by atoms with van der Waals surface area (Å²) in [4.78, 5) is 12.5. The molecular weight excluding hydrogens is 210 g/mol. The van der Waals surface area contributed by atoms with Crippen LogP contribution in [0.5, 0.6) is 0 Å². The quantitative estimate of drug-likeness (QED) is 0.717. The van der Waals surface area contributed by atoms with Crippen LogP contribution in [-0.4, -0.2) is 5.78 Å². The van der Waals surface area contributed by atoms with Gasteiger partial charge in [-0.15, -0.1) is 0 Å². The number of nitrogens with zero attached hydrogens (tertiary/aromatic N) is 1. The largest absolute Gasteiger partial charge is 0.294 e. The molecule has 0 aliphatic heterocycles. The van der Waals surface area contributed by atoms with E-state index in [1.807, 2.05) is 0 Å². The Balaban J connectivity index is 3.06. The summed E-state index contributed by atoms with van der Waals surface area (Å²) in [5.74, 6) is 0.203.